The first-order valence-electron chi connectivity index (χ1n) is 47.1. The molecule has 32 nitrogen and oxygen atoms in total. The van der Waals surface area contributed by atoms with E-state index in [4.69, 9.17) is 4.74 Å². The van der Waals surface area contributed by atoms with Crippen LogP contribution in [0.4, 0.5) is 51.7 Å². The number of aromatic nitrogens is 12. The van der Waals surface area contributed by atoms with Crippen molar-refractivity contribution >= 4 is 113 Å². The fraction of sp³-hybridized carbons (Fsp3) is 0.264. The zero-order valence-corrected chi connectivity index (χ0v) is 77.2. The number of phenolic OH excluding ortho intramolecular Hbond substituents is 2. The van der Waals surface area contributed by atoms with E-state index in [9.17, 15) is 61.6 Å². The number of phenols is 2. The Labute approximate surface area is 811 Å². The number of carbonyl (C=O) groups excluding carboxylic acids is 6. The molecular formula is C106H102F4N22O10. The van der Waals surface area contributed by atoms with E-state index in [0.717, 1.165) is 174 Å². The molecule has 16 aromatic rings. The van der Waals surface area contributed by atoms with Gasteiger partial charge in [-0.3, -0.25) is 88.7 Å². The fourth-order valence-corrected chi connectivity index (χ4v) is 17.6. The molecule has 724 valence electrons. The Kier molecular flexibility index (Phi) is 28.4. The number of H-pyrrole nitrogens is 4. The van der Waals surface area contributed by atoms with Crippen molar-refractivity contribution in [3.05, 3.63) is 289 Å². The Balaban J connectivity index is 0.000000120. The molecule has 0 atom stereocenters. The van der Waals surface area contributed by atoms with E-state index in [2.05, 4.69) is 115 Å². The van der Waals surface area contributed by atoms with Crippen molar-refractivity contribution in [1.29, 1.82) is 0 Å². The van der Waals surface area contributed by atoms with Crippen LogP contribution < -0.4 is 31.9 Å². The highest BCUT2D eigenvalue weighted by Crippen LogP contribution is 2.39. The molecule has 13 N–H and O–H groups in total. The number of aliphatic hydroxyl groups is 1. The summed E-state index contributed by atoms with van der Waals surface area (Å²) in [6.07, 6.45) is 19.0. The van der Waals surface area contributed by atoms with Crippen molar-refractivity contribution < 1.29 is 66.4 Å². The average molecular weight is 1920 g/mol. The van der Waals surface area contributed by atoms with Crippen molar-refractivity contribution in [2.45, 2.75) is 102 Å². The van der Waals surface area contributed by atoms with Crippen LogP contribution in [0.5, 0.6) is 11.5 Å². The molecule has 0 radical (unpaired) electrons. The summed E-state index contributed by atoms with van der Waals surface area (Å²) in [6, 6.07) is 57.9. The number of aromatic amines is 4. The Morgan fingerprint density at radius 2 is 0.641 bits per heavy atom. The number of ether oxygens (including phenoxy) is 1. The predicted octanol–water partition coefficient (Wildman–Crippen LogP) is 17.5. The van der Waals surface area contributed by atoms with Gasteiger partial charge in [-0.1, -0.05) is 48.5 Å². The van der Waals surface area contributed by atoms with Gasteiger partial charge in [0, 0.05) is 208 Å². The smallest absolute Gasteiger partial charge is 0.276 e. The third-order valence-corrected chi connectivity index (χ3v) is 25.8. The summed E-state index contributed by atoms with van der Waals surface area (Å²) >= 11 is 0. The maximum Gasteiger partial charge on any atom is 0.276 e. The van der Waals surface area contributed by atoms with E-state index in [1.165, 1.54) is 24.3 Å². The molecule has 12 heterocycles. The number of halogens is 4. The molecule has 22 rings (SSSR count). The first-order valence-corrected chi connectivity index (χ1v) is 47.1. The largest absolute Gasteiger partial charge is 0.508 e. The van der Waals surface area contributed by atoms with Crippen molar-refractivity contribution in [3.8, 4) is 56.0 Å². The Bertz CT molecular complexity index is 7310. The highest BCUT2D eigenvalue weighted by Gasteiger charge is 2.39. The summed E-state index contributed by atoms with van der Waals surface area (Å²) in [5.41, 5.74) is 18.6. The Morgan fingerprint density at radius 3 is 0.972 bits per heavy atom. The molecule has 2 saturated carbocycles. The number of aromatic hydroxyl groups is 2. The highest BCUT2D eigenvalue weighted by atomic mass is 19.3. The number of piperidine rings is 2. The normalized spacial score (nSPS) is 16.0. The molecule has 36 heteroatoms. The first kappa shape index (κ1) is 95.1. The van der Waals surface area contributed by atoms with Gasteiger partial charge in [-0.05, 0) is 229 Å². The number of aliphatic hydroxyl groups excluding tert-OH is 1. The molecule has 0 bridgehead atoms. The molecule has 0 spiro atoms. The van der Waals surface area contributed by atoms with E-state index in [0.29, 0.717) is 93.9 Å². The minimum atomic E-state index is -2.63. The molecular weight excluding hydrogens is 1820 g/mol. The number of amides is 6. The van der Waals surface area contributed by atoms with Gasteiger partial charge in [-0.25, -0.2) is 17.6 Å². The van der Waals surface area contributed by atoms with Crippen LogP contribution in [-0.2, 0) is 40.5 Å². The third-order valence-electron chi connectivity index (χ3n) is 25.8. The monoisotopic (exact) mass is 1920 g/mol. The lowest BCUT2D eigenvalue weighted by atomic mass is 10.0. The van der Waals surface area contributed by atoms with Crippen LogP contribution in [0.2, 0.25) is 0 Å². The van der Waals surface area contributed by atoms with E-state index >= 15 is 0 Å². The molecule has 6 fully saturated rings. The molecule has 8 aromatic heterocycles. The molecule has 6 aliphatic rings. The summed E-state index contributed by atoms with van der Waals surface area (Å²) in [7, 11) is 0. The quantitative estimate of drug-likeness (QED) is 0.0197. The van der Waals surface area contributed by atoms with E-state index < -0.39 is 11.8 Å². The van der Waals surface area contributed by atoms with Crippen LogP contribution in [0.25, 0.3) is 88.1 Å². The van der Waals surface area contributed by atoms with Gasteiger partial charge >= 0.3 is 0 Å². The number of morpholine rings is 1. The number of alkyl halides is 4. The van der Waals surface area contributed by atoms with Gasteiger partial charge in [0.1, 0.15) is 11.5 Å². The highest BCUT2D eigenvalue weighted by molar-refractivity contribution is 6.16. The molecule has 8 aromatic carbocycles. The van der Waals surface area contributed by atoms with Crippen LogP contribution in [0.1, 0.15) is 122 Å². The number of fused-ring (bicyclic) bond motifs is 4. The fourth-order valence-electron chi connectivity index (χ4n) is 17.6. The second kappa shape index (κ2) is 42.5. The number of rotatable bonds is 24. The maximum absolute atomic E-state index is 13.5. The van der Waals surface area contributed by atoms with Gasteiger partial charge in [0.25, 0.3) is 35.5 Å². The summed E-state index contributed by atoms with van der Waals surface area (Å²) < 4.78 is 59.4. The van der Waals surface area contributed by atoms with E-state index in [1.54, 1.807) is 78.2 Å². The van der Waals surface area contributed by atoms with E-state index in [1.807, 2.05) is 139 Å². The van der Waals surface area contributed by atoms with Crippen LogP contribution in [-0.4, -0.2) is 215 Å². The number of carbonyl (C=O) groups is 6. The summed E-state index contributed by atoms with van der Waals surface area (Å²) in [5.74, 6) is -6.34. The lowest BCUT2D eigenvalue weighted by molar-refractivity contribution is -0.118. The third kappa shape index (κ3) is 23.8. The first-order chi connectivity index (χ1) is 68.9. The number of pyridine rings is 4. The molecule has 2 aliphatic carbocycles. The maximum atomic E-state index is 13.5. The van der Waals surface area contributed by atoms with Gasteiger partial charge in [0.2, 0.25) is 11.8 Å². The van der Waals surface area contributed by atoms with Crippen LogP contribution in [0, 0.1) is 11.8 Å². The Hall–Kier alpha value is -15.9. The number of anilines is 6. The minimum absolute atomic E-state index is 0.0129. The molecule has 6 amide bonds. The standard InChI is InChI=1S/C29H30N6O3.C28H28N6O3.C25H23F2N5O2.C24H21F2N5O2/c36-22-9-11-35(12-10-22)17-18-13-21(16-30-15-18)20-7-8-24-23(14-20)27(34-33-24)29(38)32-26-4-2-1-3-25(26)31-28(37)19-5-6-19;35-27(19-5-6-19)30-24-3-1-2-4-25(24)31-28(36)26-22-14-20(7-8-23(22)32-33-26)21-13-18(15-29-16-21)17-34-9-11-37-12-10-34;26-25(27)7-9-32(10-8-25)15-16-11-18(14-28-13-16)17-1-6-22-21(12-17)23(31-30-22)24(34)29-19-2-4-20(33)5-3-19;25-24(26)7-8-31(14-24)13-15-9-17(12-27-11-15)16-1-6-21-20(10-16)22(30-29-21)23(33)28-18-2-4-19(32)5-3-18/h1-4,7-8,13-16,19,22,36H,5-6,9-12,17H2,(H,31,37)(H,32,38)(H,33,34);1-4,7-8,13-16,19H,5-6,9-12,17H2,(H,30,35)(H,31,36)(H,32,33);1-6,11-14,33H,7-10,15H2,(H,29,34)(H,30,31);1-6,9-12,32H,7-8,13-14H2,(H,28,33)(H,29,30). The minimum Gasteiger partial charge on any atom is -0.508 e. The number of likely N-dealkylation sites (tertiary alicyclic amines) is 3. The Morgan fingerprint density at radius 1 is 0.338 bits per heavy atom. The molecule has 142 heavy (non-hydrogen) atoms. The van der Waals surface area contributed by atoms with Gasteiger partial charge in [-0.15, -0.1) is 0 Å². The van der Waals surface area contributed by atoms with Crippen molar-refractivity contribution in [2.24, 2.45) is 11.8 Å². The molecule has 0 unspecified atom stereocenters. The zero-order chi connectivity index (χ0) is 98.0. The number of hydrogen-bond donors (Lipinski definition) is 13. The van der Waals surface area contributed by atoms with E-state index in [-0.39, 0.29) is 113 Å². The van der Waals surface area contributed by atoms with Crippen molar-refractivity contribution in [3.63, 3.8) is 0 Å². The summed E-state index contributed by atoms with van der Waals surface area (Å²) in [5, 5.41) is 77.1. The average Bonchev–Trinajstić information content (AvgIpc) is 1.66. The summed E-state index contributed by atoms with van der Waals surface area (Å²) in [4.78, 5) is 103. The number of nitrogens with zero attached hydrogens (tertiary/aromatic N) is 12. The van der Waals surface area contributed by atoms with Gasteiger partial charge in [0.15, 0.2) is 22.8 Å². The van der Waals surface area contributed by atoms with Crippen LogP contribution in [0.15, 0.2) is 244 Å². The summed E-state index contributed by atoms with van der Waals surface area (Å²) in [6.45, 7) is 8.50. The second-order valence-electron chi connectivity index (χ2n) is 36.5. The van der Waals surface area contributed by atoms with Gasteiger partial charge < -0.3 is 52.0 Å². The van der Waals surface area contributed by atoms with Crippen molar-refractivity contribution in [2.75, 3.05) is 97.5 Å². The number of para-hydroxylation sites is 4. The number of nitrogens with one attached hydrogen (secondary N) is 10. The zero-order valence-electron chi connectivity index (χ0n) is 77.2. The molecule has 4 saturated heterocycles. The van der Waals surface area contributed by atoms with Gasteiger partial charge in [0.05, 0.1) is 70.7 Å². The predicted molar refractivity (Wildman–Crippen MR) is 532 cm³/mol. The number of hydrogen-bond acceptors (Lipinski definition) is 22. The topological polar surface area (TPSA) is 424 Å². The lowest BCUT2D eigenvalue weighted by Gasteiger charge is -2.31. The second-order valence-corrected chi connectivity index (χ2v) is 36.5. The molecule has 4 aliphatic heterocycles. The van der Waals surface area contributed by atoms with Crippen molar-refractivity contribution in [1.82, 2.24) is 80.3 Å². The van der Waals surface area contributed by atoms with Crippen LogP contribution in [0.3, 0.4) is 0 Å². The van der Waals surface area contributed by atoms with Crippen LogP contribution >= 0.6 is 0 Å². The lowest BCUT2D eigenvalue weighted by Crippen LogP contribution is -2.38. The number of benzene rings is 8. The van der Waals surface area contributed by atoms with Gasteiger partial charge in [-0.2, -0.15) is 20.4 Å². The SMILES string of the molecule is O=C(Nc1ccc(O)cc1)c1n[nH]c2ccc(-c3cncc(CN4CCC(F)(F)C4)c3)cc12.O=C(Nc1ccc(O)cc1)c1n[nH]c2ccc(-c3cncc(CN4CCC(F)(F)CC4)c3)cc12.O=C(Nc1ccccc1NC(=O)C1CC1)c1n[nH]c2ccc(-c3cncc(CN4CCC(O)CC4)c3)cc12.O=C(Nc1ccccc1NC(=O)C1CC1)c1n[nH]c2ccc(-c3cncc(CN4CCOCC4)c3)cc12.